The molecule has 2 atom stereocenters. The van der Waals surface area contributed by atoms with E-state index in [1.54, 1.807) is 11.6 Å². The smallest absolute Gasteiger partial charge is 0.326 e. The number of aromatic nitrogens is 3. The van der Waals surface area contributed by atoms with Gasteiger partial charge in [0.05, 0.1) is 10.9 Å². The molecular formula is C26H24ClF3N6O3S2. The number of carbonyl (C=O) groups excluding carboxylic acids is 1. The molecule has 2 fully saturated rings. The van der Waals surface area contributed by atoms with E-state index in [4.69, 9.17) is 16.6 Å². The van der Waals surface area contributed by atoms with E-state index >= 15 is 0 Å². The monoisotopic (exact) mass is 624 g/mol. The number of amidine groups is 1. The lowest BCUT2D eigenvalue weighted by atomic mass is 9.92. The van der Waals surface area contributed by atoms with Gasteiger partial charge in [-0.25, -0.2) is 27.2 Å². The molecule has 0 bridgehead atoms. The third-order valence-corrected chi connectivity index (χ3v) is 10.6. The molecule has 41 heavy (non-hydrogen) atoms. The summed E-state index contributed by atoms with van der Waals surface area (Å²) in [4.78, 5) is 22.9. The average Bonchev–Trinajstić information content (AvgIpc) is 3.69. The van der Waals surface area contributed by atoms with Crippen LogP contribution in [0.2, 0.25) is 5.02 Å². The Labute approximate surface area is 242 Å². The Morgan fingerprint density at radius 2 is 1.95 bits per heavy atom. The van der Waals surface area contributed by atoms with Gasteiger partial charge in [-0.3, -0.25) is 9.79 Å². The van der Waals surface area contributed by atoms with Crippen LogP contribution in [0, 0.1) is 5.82 Å². The molecule has 6 rings (SSSR count). The first kappa shape index (κ1) is 28.1. The zero-order valence-corrected chi connectivity index (χ0v) is 23.8. The highest BCUT2D eigenvalue weighted by molar-refractivity contribution is 7.90. The number of nitrogens with one attached hydrogen (secondary N) is 1. The third kappa shape index (κ3) is 5.45. The van der Waals surface area contributed by atoms with Crippen molar-refractivity contribution < 1.29 is 26.4 Å². The summed E-state index contributed by atoms with van der Waals surface area (Å²) in [5.41, 5.74) is 1.74. The van der Waals surface area contributed by atoms with Gasteiger partial charge in [0, 0.05) is 71.5 Å². The van der Waals surface area contributed by atoms with Gasteiger partial charge in [-0.1, -0.05) is 17.7 Å². The Balaban J connectivity index is 1.45. The van der Waals surface area contributed by atoms with Crippen molar-refractivity contribution in [1.29, 1.82) is 0 Å². The van der Waals surface area contributed by atoms with Crippen molar-refractivity contribution >= 4 is 50.2 Å². The van der Waals surface area contributed by atoms with Gasteiger partial charge in [0.1, 0.15) is 17.6 Å². The molecule has 3 aliphatic rings. The molecule has 1 saturated heterocycles. The van der Waals surface area contributed by atoms with Crippen molar-refractivity contribution in [1.82, 2.24) is 24.4 Å². The van der Waals surface area contributed by atoms with Gasteiger partial charge in [0.25, 0.3) is 0 Å². The van der Waals surface area contributed by atoms with Gasteiger partial charge in [-0.2, -0.15) is 13.9 Å². The highest BCUT2D eigenvalue weighted by Crippen LogP contribution is 2.46. The number of thiazole rings is 1. The number of hydrogen-bond acceptors (Lipinski definition) is 8. The molecule has 0 amide bonds. The average molecular weight is 625 g/mol. The number of hydrogen-bond donors (Lipinski definition) is 1. The third-order valence-electron chi connectivity index (χ3n) is 7.48. The van der Waals surface area contributed by atoms with Crippen LogP contribution in [0.15, 0.2) is 52.7 Å². The summed E-state index contributed by atoms with van der Waals surface area (Å²) in [5.74, 6) is -0.0269. The summed E-state index contributed by atoms with van der Waals surface area (Å²) in [5, 5.41) is 5.86. The topological polar surface area (TPSA) is 110 Å². The van der Waals surface area contributed by atoms with E-state index in [1.165, 1.54) is 29.5 Å². The quantitative estimate of drug-likeness (QED) is 0.399. The summed E-state index contributed by atoms with van der Waals surface area (Å²) in [6.07, 6.45) is 3.96. The molecule has 0 spiro atoms. The Kier molecular flexibility index (Phi) is 7.51. The van der Waals surface area contributed by atoms with Gasteiger partial charge in [0.15, 0.2) is 10.8 Å². The molecule has 1 aromatic carbocycles. The highest BCUT2D eigenvalue weighted by atomic mass is 35.5. The minimum atomic E-state index is -3.76. The Morgan fingerprint density at radius 3 is 2.61 bits per heavy atom. The first-order valence-electron chi connectivity index (χ1n) is 12.9. The molecule has 1 aliphatic carbocycles. The van der Waals surface area contributed by atoms with Crippen LogP contribution in [0.1, 0.15) is 61.0 Å². The molecule has 2 aromatic heterocycles. The van der Waals surface area contributed by atoms with E-state index < -0.39 is 39.7 Å². The van der Waals surface area contributed by atoms with Crippen molar-refractivity contribution in [3.63, 3.8) is 0 Å². The number of aliphatic imine (C=N–C) groups is 1. The fraction of sp³-hybridized carbons (Fsp3) is 0.385. The number of rotatable bonds is 7. The van der Waals surface area contributed by atoms with E-state index in [9.17, 15) is 26.4 Å². The first-order chi connectivity index (χ1) is 19.6. The Morgan fingerprint density at radius 1 is 1.17 bits per heavy atom. The number of sulfonamides is 1. The molecule has 9 nitrogen and oxygen atoms in total. The number of alkyl halides is 2. The van der Waals surface area contributed by atoms with Gasteiger partial charge >= 0.3 is 6.55 Å². The molecule has 2 aliphatic heterocycles. The number of carbonyl (C=O) groups is 1. The van der Waals surface area contributed by atoms with E-state index in [2.05, 4.69) is 14.8 Å². The molecule has 4 heterocycles. The lowest BCUT2D eigenvalue weighted by Gasteiger charge is -2.32. The van der Waals surface area contributed by atoms with Crippen LogP contribution >= 0.6 is 22.9 Å². The Bertz CT molecular complexity index is 1650. The number of fused-ring (bicyclic) bond motifs is 1. The van der Waals surface area contributed by atoms with Gasteiger partial charge in [0.2, 0.25) is 10.0 Å². The number of ketones is 1. The maximum Gasteiger partial charge on any atom is 0.333 e. The van der Waals surface area contributed by atoms with Crippen LogP contribution in [0.3, 0.4) is 0 Å². The predicted octanol–water partition coefficient (Wildman–Crippen LogP) is 4.95. The number of halogens is 4. The molecule has 1 N–H and O–H groups in total. The fourth-order valence-corrected chi connectivity index (χ4v) is 8.17. The van der Waals surface area contributed by atoms with E-state index in [-0.39, 0.29) is 55.1 Å². The van der Waals surface area contributed by atoms with E-state index in [0.29, 0.717) is 32.4 Å². The molecular weight excluding hydrogens is 601 g/mol. The largest absolute Gasteiger partial charge is 0.333 e. The van der Waals surface area contributed by atoms with Crippen LogP contribution in [-0.4, -0.2) is 57.5 Å². The number of nitrogens with zero attached hydrogens (tertiary/aromatic N) is 5. The molecule has 0 radical (unpaired) electrons. The zero-order chi connectivity index (χ0) is 28.9. The minimum absolute atomic E-state index is 0.0577. The number of benzene rings is 1. The van der Waals surface area contributed by atoms with Crippen LogP contribution in [0.4, 0.5) is 13.2 Å². The fourth-order valence-electron chi connectivity index (χ4n) is 5.58. The second-order valence-corrected chi connectivity index (χ2v) is 13.4. The van der Waals surface area contributed by atoms with Crippen LogP contribution in [-0.2, 0) is 14.8 Å². The lowest BCUT2D eigenvalue weighted by Crippen LogP contribution is -2.44. The summed E-state index contributed by atoms with van der Waals surface area (Å²) in [6.45, 7) is -2.66. The second kappa shape index (κ2) is 11.0. The van der Waals surface area contributed by atoms with Crippen molar-refractivity contribution in [3.05, 3.63) is 74.8 Å². The lowest BCUT2D eigenvalue weighted by molar-refractivity contribution is -0.120. The number of Topliss-reactive ketones (excluding diaryl/α,β-unsaturated/α-hetero) is 1. The summed E-state index contributed by atoms with van der Waals surface area (Å²) >= 11 is 7.82. The normalized spacial score (nSPS) is 22.0. The first-order valence-corrected chi connectivity index (χ1v) is 15.7. The zero-order valence-electron chi connectivity index (χ0n) is 21.4. The molecule has 1 saturated carbocycles. The maximum absolute atomic E-state index is 14.0. The maximum atomic E-state index is 14.0. The standard InChI is InChI=1S/C26H24ClF3N6O3S2/c27-19-11-14(28)1-6-18(19)23-22(20-7-9-36(33-20)26(29)30)21-12-15(13-35(21)24(32-23)25-31-8-10-40-25)34-41(38,39)17-4-2-16(37)3-5-17/h1,6-11,15,17,23,26,34H,2-5,12-13H2/t15-,23-/m0/s1. The molecule has 216 valence electrons. The second-order valence-electron chi connectivity index (χ2n) is 10.1. The Hall–Kier alpha value is -3.07. The van der Waals surface area contributed by atoms with Crippen LogP contribution < -0.4 is 4.72 Å². The summed E-state index contributed by atoms with van der Waals surface area (Å²) < 4.78 is 71.0. The molecule has 15 heteroatoms. The van der Waals surface area contributed by atoms with Crippen molar-refractivity contribution in [2.24, 2.45) is 4.99 Å². The van der Waals surface area contributed by atoms with Crippen molar-refractivity contribution in [3.8, 4) is 0 Å². The van der Waals surface area contributed by atoms with Crippen molar-refractivity contribution in [2.75, 3.05) is 6.54 Å². The van der Waals surface area contributed by atoms with E-state index in [0.717, 1.165) is 12.3 Å². The summed E-state index contributed by atoms with van der Waals surface area (Å²) in [7, 11) is -3.76. The SMILES string of the molecule is O=C1CCC(S(=O)(=O)N[C@H]2CC3=C(c4ccn(C(F)F)n4)[C@H](c4ccc(F)cc4Cl)N=C(c4nccs4)N3C2)CC1. The molecule has 0 unspecified atom stereocenters. The highest BCUT2D eigenvalue weighted by Gasteiger charge is 2.43. The minimum Gasteiger partial charge on any atom is -0.326 e. The van der Waals surface area contributed by atoms with Gasteiger partial charge in [-0.15, -0.1) is 11.3 Å². The summed E-state index contributed by atoms with van der Waals surface area (Å²) in [6, 6.07) is 3.90. The van der Waals surface area contributed by atoms with Crippen LogP contribution in [0.25, 0.3) is 5.57 Å². The van der Waals surface area contributed by atoms with Crippen LogP contribution in [0.5, 0.6) is 0 Å². The van der Waals surface area contributed by atoms with E-state index in [1.807, 2.05) is 4.90 Å². The van der Waals surface area contributed by atoms with Crippen molar-refractivity contribution in [2.45, 2.75) is 56.0 Å². The predicted molar refractivity (Wildman–Crippen MR) is 148 cm³/mol. The molecule has 3 aromatic rings. The van der Waals surface area contributed by atoms with Gasteiger partial charge < -0.3 is 4.90 Å². The van der Waals surface area contributed by atoms with Gasteiger partial charge in [-0.05, 0) is 31.0 Å².